The number of hydrogen-bond acceptors (Lipinski definition) is 2. The lowest BCUT2D eigenvalue weighted by Crippen LogP contribution is -2.28. The van der Waals surface area contributed by atoms with Crippen molar-refractivity contribution < 1.29 is 0 Å². The van der Waals surface area contributed by atoms with Gasteiger partial charge in [0.2, 0.25) is 0 Å². The van der Waals surface area contributed by atoms with Gasteiger partial charge in [0.25, 0.3) is 0 Å². The van der Waals surface area contributed by atoms with Crippen molar-refractivity contribution in [1.82, 2.24) is 9.97 Å². The second-order valence-corrected chi connectivity index (χ2v) is 16.8. The van der Waals surface area contributed by atoms with Crippen molar-refractivity contribution in [2.24, 2.45) is 0 Å². The monoisotopic (exact) mass is 732 g/mol. The van der Waals surface area contributed by atoms with E-state index < -0.39 is 0 Å². The van der Waals surface area contributed by atoms with Crippen molar-refractivity contribution in [2.45, 2.75) is 56.8 Å². The Kier molecular flexibility index (Phi) is 7.80. The van der Waals surface area contributed by atoms with E-state index in [-0.39, 0.29) is 10.8 Å². The van der Waals surface area contributed by atoms with Gasteiger partial charge in [-0.15, -0.1) is 0 Å². The molecule has 1 fully saturated rings. The van der Waals surface area contributed by atoms with Gasteiger partial charge in [0.15, 0.2) is 5.82 Å². The highest BCUT2D eigenvalue weighted by atomic mass is 14.9. The van der Waals surface area contributed by atoms with Crippen molar-refractivity contribution in [3.8, 4) is 78.4 Å². The van der Waals surface area contributed by atoms with E-state index in [0.29, 0.717) is 0 Å². The first-order valence-electron chi connectivity index (χ1n) is 20.6. The van der Waals surface area contributed by atoms with E-state index in [2.05, 4.69) is 159 Å². The first-order valence-corrected chi connectivity index (χ1v) is 20.6. The molecule has 0 atom stereocenters. The van der Waals surface area contributed by atoms with Crippen molar-refractivity contribution >= 4 is 0 Å². The number of aromatic nitrogens is 2. The third-order valence-corrected chi connectivity index (χ3v) is 13.3. The Morgan fingerprint density at radius 2 is 0.895 bits per heavy atom. The molecule has 11 rings (SSSR count). The van der Waals surface area contributed by atoms with Crippen LogP contribution in [0.2, 0.25) is 0 Å². The SMILES string of the molecule is CC1(C)c2ccccc2-c2cc3c(cc21)-c1c(-c2ccc(-c4ccc(-c5cc(-c6ccccc6)nc(-c6ccccc6)n5)cc4)cc2)cccc1C31CCCCC1. The lowest BCUT2D eigenvalue weighted by molar-refractivity contribution is 0.353. The van der Waals surface area contributed by atoms with Crippen LogP contribution in [-0.4, -0.2) is 9.97 Å². The summed E-state index contributed by atoms with van der Waals surface area (Å²) in [4.78, 5) is 10.0. The van der Waals surface area contributed by atoms with Crippen LogP contribution in [0.25, 0.3) is 78.4 Å². The van der Waals surface area contributed by atoms with E-state index in [9.17, 15) is 0 Å². The van der Waals surface area contributed by atoms with E-state index in [4.69, 9.17) is 9.97 Å². The predicted molar refractivity (Wildman–Crippen MR) is 236 cm³/mol. The van der Waals surface area contributed by atoms with Gasteiger partial charge in [0.1, 0.15) is 0 Å². The standard InChI is InChI=1S/C55H44N2/c1-54(2)46-21-11-10-19-43(46)44-33-49-45(34-48(44)54)52-42(20-14-22-47(52)55(49)31-12-5-13-32-55)38-27-23-36(24-28-38)37-25-29-40(30-26-37)51-35-50(39-15-6-3-7-16-39)56-53(57-51)41-17-8-4-9-18-41/h3-4,6-11,14-30,33-35H,5,12-13,31-32H2,1-2H3. The highest BCUT2D eigenvalue weighted by Crippen LogP contribution is 2.61. The fraction of sp³-hybridized carbons (Fsp3) is 0.164. The lowest BCUT2D eigenvalue weighted by atomic mass is 9.67. The molecule has 1 aromatic heterocycles. The summed E-state index contributed by atoms with van der Waals surface area (Å²) in [7, 11) is 0. The van der Waals surface area contributed by atoms with Gasteiger partial charge in [0.05, 0.1) is 11.4 Å². The van der Waals surface area contributed by atoms with Crippen LogP contribution in [0, 0.1) is 0 Å². The molecule has 3 aliphatic carbocycles. The number of fused-ring (bicyclic) bond motifs is 8. The topological polar surface area (TPSA) is 25.8 Å². The van der Waals surface area contributed by atoms with Crippen molar-refractivity contribution in [2.75, 3.05) is 0 Å². The Morgan fingerprint density at radius 3 is 1.58 bits per heavy atom. The zero-order valence-electron chi connectivity index (χ0n) is 32.6. The van der Waals surface area contributed by atoms with Crippen LogP contribution >= 0.6 is 0 Å². The Labute approximate surface area is 336 Å². The highest BCUT2D eigenvalue weighted by molar-refractivity contribution is 5.96. The Bertz CT molecular complexity index is 2750. The normalized spacial score (nSPS) is 15.5. The lowest BCUT2D eigenvalue weighted by Gasteiger charge is -2.36. The smallest absolute Gasteiger partial charge is 0.160 e. The van der Waals surface area contributed by atoms with E-state index >= 15 is 0 Å². The summed E-state index contributed by atoms with van der Waals surface area (Å²) < 4.78 is 0. The molecule has 0 amide bonds. The van der Waals surface area contributed by atoms with Gasteiger partial charge in [-0.05, 0) is 97.8 Å². The molecule has 0 unspecified atom stereocenters. The maximum Gasteiger partial charge on any atom is 0.160 e. The van der Waals surface area contributed by atoms with Crippen LogP contribution in [0.1, 0.15) is 68.2 Å². The summed E-state index contributed by atoms with van der Waals surface area (Å²) in [6.45, 7) is 4.82. The summed E-state index contributed by atoms with van der Waals surface area (Å²) in [5.74, 6) is 0.731. The number of hydrogen-bond donors (Lipinski definition) is 0. The van der Waals surface area contributed by atoms with Gasteiger partial charge >= 0.3 is 0 Å². The molecule has 2 nitrogen and oxygen atoms in total. The van der Waals surface area contributed by atoms with Gasteiger partial charge in [-0.2, -0.15) is 0 Å². The van der Waals surface area contributed by atoms with E-state index in [1.54, 1.807) is 11.1 Å². The van der Waals surface area contributed by atoms with Gasteiger partial charge in [-0.1, -0.05) is 185 Å². The minimum absolute atomic E-state index is 0.0303. The Balaban J connectivity index is 0.957. The molecule has 1 heterocycles. The molecule has 0 N–H and O–H groups in total. The molecule has 274 valence electrons. The molecular weight excluding hydrogens is 689 g/mol. The number of nitrogens with zero attached hydrogens (tertiary/aromatic N) is 2. The summed E-state index contributed by atoms with van der Waals surface area (Å²) in [6.07, 6.45) is 6.36. The molecule has 0 bridgehead atoms. The average Bonchev–Trinajstić information content (AvgIpc) is 3.67. The minimum atomic E-state index is -0.0303. The fourth-order valence-electron chi connectivity index (χ4n) is 10.4. The van der Waals surface area contributed by atoms with Crippen molar-refractivity contribution in [1.29, 1.82) is 0 Å². The summed E-state index contributed by atoms with van der Waals surface area (Å²) in [5.41, 5.74) is 21.8. The zero-order chi connectivity index (χ0) is 38.1. The first kappa shape index (κ1) is 33.9. The van der Waals surface area contributed by atoms with Crippen molar-refractivity contribution in [3.63, 3.8) is 0 Å². The van der Waals surface area contributed by atoms with E-state index in [0.717, 1.165) is 33.9 Å². The Morgan fingerprint density at radius 1 is 0.368 bits per heavy atom. The molecule has 1 saturated carbocycles. The van der Waals surface area contributed by atoms with E-state index in [1.165, 1.54) is 87.7 Å². The Hall–Kier alpha value is -6.38. The molecule has 0 aliphatic heterocycles. The molecular formula is C55H44N2. The summed E-state index contributed by atoms with van der Waals surface area (Å²) in [6, 6.07) is 62.2. The largest absolute Gasteiger partial charge is 0.228 e. The average molecular weight is 733 g/mol. The third kappa shape index (κ3) is 5.38. The van der Waals surface area contributed by atoms with Gasteiger partial charge < -0.3 is 0 Å². The van der Waals surface area contributed by atoms with Gasteiger partial charge in [0, 0.05) is 27.5 Å². The van der Waals surface area contributed by atoms with Crippen LogP contribution in [0.4, 0.5) is 0 Å². The molecule has 8 aromatic rings. The van der Waals surface area contributed by atoms with Crippen LogP contribution in [-0.2, 0) is 10.8 Å². The first-order chi connectivity index (χ1) is 28.0. The molecule has 2 heteroatoms. The minimum Gasteiger partial charge on any atom is -0.228 e. The third-order valence-electron chi connectivity index (χ3n) is 13.3. The number of benzene rings is 7. The molecule has 0 saturated heterocycles. The van der Waals surface area contributed by atoms with Crippen LogP contribution < -0.4 is 0 Å². The highest BCUT2D eigenvalue weighted by Gasteiger charge is 2.47. The molecule has 0 radical (unpaired) electrons. The van der Waals surface area contributed by atoms with Crippen LogP contribution in [0.3, 0.4) is 0 Å². The maximum atomic E-state index is 5.05. The predicted octanol–water partition coefficient (Wildman–Crippen LogP) is 14.3. The van der Waals surface area contributed by atoms with Gasteiger partial charge in [-0.25, -0.2) is 9.97 Å². The van der Waals surface area contributed by atoms with Crippen LogP contribution in [0.5, 0.6) is 0 Å². The van der Waals surface area contributed by atoms with E-state index in [1.807, 2.05) is 24.3 Å². The van der Waals surface area contributed by atoms with Gasteiger partial charge in [-0.3, -0.25) is 0 Å². The van der Waals surface area contributed by atoms with Crippen LogP contribution in [0.15, 0.2) is 170 Å². The number of rotatable bonds is 5. The second kappa shape index (κ2) is 13.1. The quantitative estimate of drug-likeness (QED) is 0.176. The fourth-order valence-corrected chi connectivity index (χ4v) is 10.4. The molecule has 57 heavy (non-hydrogen) atoms. The molecule has 1 spiro atoms. The maximum absolute atomic E-state index is 5.05. The zero-order valence-corrected chi connectivity index (χ0v) is 32.6. The van der Waals surface area contributed by atoms with Crippen molar-refractivity contribution in [3.05, 3.63) is 192 Å². The molecule has 3 aliphatic rings. The summed E-state index contributed by atoms with van der Waals surface area (Å²) in [5, 5.41) is 0. The second-order valence-electron chi connectivity index (χ2n) is 16.8. The molecule has 7 aromatic carbocycles. The summed E-state index contributed by atoms with van der Waals surface area (Å²) >= 11 is 0.